The summed E-state index contributed by atoms with van der Waals surface area (Å²) in [5, 5.41) is 0. The van der Waals surface area contributed by atoms with Crippen LogP contribution in [-0.2, 0) is 14.4 Å². The molecule has 0 aromatic heterocycles. The Labute approximate surface area is 112 Å². The van der Waals surface area contributed by atoms with Gasteiger partial charge in [-0.3, -0.25) is 0 Å². The summed E-state index contributed by atoms with van der Waals surface area (Å²) in [5.74, 6) is -1.70. The van der Waals surface area contributed by atoms with Crippen LogP contribution in [0.3, 0.4) is 0 Å². The third kappa shape index (κ3) is 7.96. The van der Waals surface area contributed by atoms with Crippen LogP contribution in [-0.4, -0.2) is 24.0 Å². The molecule has 0 N–H and O–H groups in total. The van der Waals surface area contributed by atoms with Crippen LogP contribution in [0.4, 0.5) is 0 Å². The molecule has 0 bridgehead atoms. The first-order chi connectivity index (χ1) is 9.24. The van der Waals surface area contributed by atoms with Gasteiger partial charge in [0.25, 0.3) is 5.79 Å². The van der Waals surface area contributed by atoms with E-state index < -0.39 is 5.79 Å². The maximum atomic E-state index is 10.3. The van der Waals surface area contributed by atoms with Gasteiger partial charge in [-0.25, -0.2) is 14.4 Å². The Morgan fingerprint density at radius 1 is 0.737 bits per heavy atom. The molecule has 0 aliphatic heterocycles. The minimum atomic E-state index is -1.70. The molecule has 6 nitrogen and oxygen atoms in total. The van der Waals surface area contributed by atoms with Gasteiger partial charge < -0.3 is 0 Å². The molecule has 0 aliphatic carbocycles. The number of carbonyl (C=O) groups excluding carboxylic acids is 3. The highest BCUT2D eigenvalue weighted by Crippen LogP contribution is 2.22. The summed E-state index contributed by atoms with van der Waals surface area (Å²) in [7, 11) is 0. The van der Waals surface area contributed by atoms with Crippen molar-refractivity contribution in [1.29, 1.82) is 0 Å². The van der Waals surface area contributed by atoms with Gasteiger partial charge in [0, 0.05) is 6.42 Å². The summed E-state index contributed by atoms with van der Waals surface area (Å²) in [4.78, 5) is 40.9. The first-order valence-corrected chi connectivity index (χ1v) is 6.51. The molecule has 0 spiro atoms. The van der Waals surface area contributed by atoms with E-state index >= 15 is 0 Å². The highest BCUT2D eigenvalue weighted by molar-refractivity contribution is 5.42. The van der Waals surface area contributed by atoms with Crippen molar-refractivity contribution in [1.82, 2.24) is 0 Å². The topological polar surface area (TPSA) is 88.3 Å². The van der Waals surface area contributed by atoms with E-state index in [0.29, 0.717) is 6.42 Å². The number of hydrogen-bond acceptors (Lipinski definition) is 6. The van der Waals surface area contributed by atoms with E-state index in [0.717, 1.165) is 19.3 Å². The Balaban J connectivity index is 4.24. The molecule has 0 rings (SSSR count). The predicted octanol–water partition coefficient (Wildman–Crippen LogP) is 2.79. The van der Waals surface area contributed by atoms with Crippen LogP contribution >= 0.6 is 0 Å². The van der Waals surface area contributed by atoms with Gasteiger partial charge in [0.15, 0.2) is 0 Å². The molecule has 0 amide bonds. The second kappa shape index (κ2) is 11.2. The van der Waals surface area contributed by atoms with Crippen molar-refractivity contribution in [2.45, 2.75) is 64.1 Å². The average molecular weight is 265 g/mol. The standard InChI is InChI=1S/C13H19N3O3/c1-2-3-4-5-6-7-8-9-13(14-10-17,15-11-18)16-12-19/h2-9H2,1H3. The van der Waals surface area contributed by atoms with Crippen molar-refractivity contribution in [2.24, 2.45) is 15.0 Å². The minimum absolute atomic E-state index is 0.209. The SMILES string of the molecule is CCCCCCCCCC(N=C=O)(N=C=O)N=C=O. The van der Waals surface area contributed by atoms with Crippen molar-refractivity contribution in [3.8, 4) is 0 Å². The van der Waals surface area contributed by atoms with Gasteiger partial charge in [-0.05, 0) is 6.42 Å². The van der Waals surface area contributed by atoms with E-state index in [9.17, 15) is 14.4 Å². The maximum Gasteiger partial charge on any atom is 0.277 e. The fraction of sp³-hybridized carbons (Fsp3) is 0.769. The zero-order chi connectivity index (χ0) is 14.4. The van der Waals surface area contributed by atoms with Crippen molar-refractivity contribution in [3.05, 3.63) is 0 Å². The van der Waals surface area contributed by atoms with Crippen molar-refractivity contribution < 1.29 is 14.4 Å². The fourth-order valence-corrected chi connectivity index (χ4v) is 1.78. The van der Waals surface area contributed by atoms with Crippen LogP contribution in [0.1, 0.15) is 58.3 Å². The van der Waals surface area contributed by atoms with Gasteiger partial charge >= 0.3 is 0 Å². The van der Waals surface area contributed by atoms with Crippen LogP contribution in [0.5, 0.6) is 0 Å². The summed E-state index contributed by atoms with van der Waals surface area (Å²) < 4.78 is 0. The molecule has 0 saturated heterocycles. The molecule has 0 aromatic carbocycles. The lowest BCUT2D eigenvalue weighted by molar-refractivity contribution is 0.398. The zero-order valence-electron chi connectivity index (χ0n) is 11.2. The molecular weight excluding hydrogens is 246 g/mol. The van der Waals surface area contributed by atoms with E-state index in [1.165, 1.54) is 37.5 Å². The minimum Gasteiger partial charge on any atom is -0.211 e. The van der Waals surface area contributed by atoms with E-state index in [-0.39, 0.29) is 6.42 Å². The number of rotatable bonds is 11. The fourth-order valence-electron chi connectivity index (χ4n) is 1.78. The smallest absolute Gasteiger partial charge is 0.211 e. The summed E-state index contributed by atoms with van der Waals surface area (Å²) in [6, 6.07) is 0. The molecule has 0 saturated carbocycles. The number of aliphatic imine (C=N–C) groups is 3. The third-order valence-electron chi connectivity index (χ3n) is 2.79. The molecule has 0 aliphatic rings. The molecule has 0 heterocycles. The highest BCUT2D eigenvalue weighted by Gasteiger charge is 2.28. The largest absolute Gasteiger partial charge is 0.277 e. The Bertz CT molecular complexity index is 344. The summed E-state index contributed by atoms with van der Waals surface area (Å²) in [6.07, 6.45) is 11.4. The normalized spacial score (nSPS) is 12.5. The lowest BCUT2D eigenvalue weighted by Crippen LogP contribution is -2.20. The molecule has 104 valence electrons. The van der Waals surface area contributed by atoms with Crippen molar-refractivity contribution in [3.63, 3.8) is 0 Å². The number of nitrogens with zero attached hydrogens (tertiary/aromatic N) is 3. The van der Waals surface area contributed by atoms with Crippen LogP contribution in [0.15, 0.2) is 15.0 Å². The number of isocyanates is 3. The van der Waals surface area contributed by atoms with Gasteiger partial charge in [0.2, 0.25) is 18.2 Å². The lowest BCUT2D eigenvalue weighted by atomic mass is 10.1. The van der Waals surface area contributed by atoms with Crippen LogP contribution in [0.2, 0.25) is 0 Å². The first-order valence-electron chi connectivity index (χ1n) is 6.51. The third-order valence-corrected chi connectivity index (χ3v) is 2.79. The molecule has 19 heavy (non-hydrogen) atoms. The number of hydrogen-bond donors (Lipinski definition) is 0. The molecule has 0 radical (unpaired) electrons. The van der Waals surface area contributed by atoms with Gasteiger partial charge in [-0.1, -0.05) is 45.4 Å². The Morgan fingerprint density at radius 3 is 1.58 bits per heavy atom. The first kappa shape index (κ1) is 17.1. The van der Waals surface area contributed by atoms with Crippen molar-refractivity contribution >= 4 is 18.2 Å². The van der Waals surface area contributed by atoms with Crippen LogP contribution < -0.4 is 0 Å². The average Bonchev–Trinajstić information content (AvgIpc) is 2.39. The summed E-state index contributed by atoms with van der Waals surface area (Å²) in [5.41, 5.74) is 0. The van der Waals surface area contributed by atoms with Gasteiger partial charge in [-0.2, -0.15) is 15.0 Å². The van der Waals surface area contributed by atoms with E-state index in [4.69, 9.17) is 0 Å². The van der Waals surface area contributed by atoms with Gasteiger partial charge in [0.05, 0.1) is 0 Å². The van der Waals surface area contributed by atoms with E-state index in [1.807, 2.05) is 0 Å². The predicted molar refractivity (Wildman–Crippen MR) is 69.7 cm³/mol. The highest BCUT2D eigenvalue weighted by atomic mass is 16.1. The van der Waals surface area contributed by atoms with Crippen molar-refractivity contribution in [2.75, 3.05) is 0 Å². The lowest BCUT2D eigenvalue weighted by Gasteiger charge is -2.14. The molecule has 0 unspecified atom stereocenters. The second-order valence-corrected chi connectivity index (χ2v) is 4.25. The van der Waals surface area contributed by atoms with E-state index in [1.54, 1.807) is 0 Å². The molecular formula is C13H19N3O3. The quantitative estimate of drug-likeness (QED) is 0.327. The van der Waals surface area contributed by atoms with Gasteiger partial charge in [0.1, 0.15) is 0 Å². The summed E-state index contributed by atoms with van der Waals surface area (Å²) >= 11 is 0. The Morgan fingerprint density at radius 2 is 1.16 bits per heavy atom. The molecule has 0 atom stereocenters. The molecule has 0 aromatic rings. The second-order valence-electron chi connectivity index (χ2n) is 4.25. The maximum absolute atomic E-state index is 10.3. The Hall–Kier alpha value is -1.86. The van der Waals surface area contributed by atoms with E-state index in [2.05, 4.69) is 21.9 Å². The summed E-state index contributed by atoms with van der Waals surface area (Å²) in [6.45, 7) is 2.15. The monoisotopic (exact) mass is 265 g/mol. The number of unbranched alkanes of at least 4 members (excludes halogenated alkanes) is 6. The Kier molecular flexibility index (Phi) is 10.1. The zero-order valence-corrected chi connectivity index (χ0v) is 11.2. The molecule has 6 heteroatoms. The van der Waals surface area contributed by atoms with Gasteiger partial charge in [-0.15, -0.1) is 0 Å². The molecule has 0 fully saturated rings. The van der Waals surface area contributed by atoms with Crippen LogP contribution in [0, 0.1) is 0 Å². The van der Waals surface area contributed by atoms with Crippen LogP contribution in [0.25, 0.3) is 0 Å².